The maximum atomic E-state index is 12.0. The van der Waals surface area contributed by atoms with E-state index in [1.54, 1.807) is 19.2 Å². The van der Waals surface area contributed by atoms with E-state index in [1.807, 2.05) is 12.1 Å². The van der Waals surface area contributed by atoms with Crippen molar-refractivity contribution in [2.45, 2.75) is 20.3 Å². The Morgan fingerprint density at radius 2 is 1.76 bits per heavy atom. The molecule has 0 fully saturated rings. The van der Waals surface area contributed by atoms with Crippen LogP contribution in [0.1, 0.15) is 30.6 Å². The highest BCUT2D eigenvalue weighted by molar-refractivity contribution is 9.10. The highest BCUT2D eigenvalue weighted by Crippen LogP contribution is 2.10. The summed E-state index contributed by atoms with van der Waals surface area (Å²) < 4.78 is 6.49. The predicted molar refractivity (Wildman–Crippen MR) is 106 cm³/mol. The first-order chi connectivity index (χ1) is 12.0. The molecular formula is C18H29BrN4O2. The van der Waals surface area contributed by atoms with Gasteiger partial charge >= 0.3 is 0 Å². The molecule has 0 spiro atoms. The highest BCUT2D eigenvalue weighted by Gasteiger charge is 2.04. The molecule has 0 aliphatic rings. The van der Waals surface area contributed by atoms with Crippen LogP contribution in [0.2, 0.25) is 0 Å². The molecule has 0 saturated carbocycles. The second-order valence-electron chi connectivity index (χ2n) is 6.01. The fraction of sp³-hybridized carbons (Fsp3) is 0.556. The molecule has 0 aliphatic heterocycles. The first kappa shape index (κ1) is 21.4. The van der Waals surface area contributed by atoms with Gasteiger partial charge in [-0.25, -0.2) is 0 Å². The van der Waals surface area contributed by atoms with E-state index < -0.39 is 0 Å². The van der Waals surface area contributed by atoms with Gasteiger partial charge in [-0.1, -0.05) is 29.8 Å². The largest absolute Gasteiger partial charge is 0.381 e. The van der Waals surface area contributed by atoms with Gasteiger partial charge in [-0.3, -0.25) is 9.79 Å². The summed E-state index contributed by atoms with van der Waals surface area (Å²) >= 11 is 3.35. The Hall–Kier alpha value is -1.60. The van der Waals surface area contributed by atoms with Crippen molar-refractivity contribution in [3.05, 3.63) is 34.3 Å². The van der Waals surface area contributed by atoms with Gasteiger partial charge in [0.15, 0.2) is 5.96 Å². The topological polar surface area (TPSA) is 74.8 Å². The number of aliphatic imine (C=N–C) groups is 1. The van der Waals surface area contributed by atoms with Crippen molar-refractivity contribution >= 4 is 27.8 Å². The predicted octanol–water partition coefficient (Wildman–Crippen LogP) is 2.41. The van der Waals surface area contributed by atoms with Gasteiger partial charge < -0.3 is 20.7 Å². The summed E-state index contributed by atoms with van der Waals surface area (Å²) in [7, 11) is 1.73. The molecule has 1 aromatic rings. The first-order valence-electron chi connectivity index (χ1n) is 8.59. The number of carbonyl (C=O) groups excluding carboxylic acids is 1. The van der Waals surface area contributed by atoms with Gasteiger partial charge in [-0.15, -0.1) is 0 Å². The van der Waals surface area contributed by atoms with Gasteiger partial charge in [0, 0.05) is 49.9 Å². The van der Waals surface area contributed by atoms with Crippen LogP contribution < -0.4 is 16.0 Å². The van der Waals surface area contributed by atoms with Crippen molar-refractivity contribution in [2.24, 2.45) is 10.9 Å². The standard InChI is InChI=1S/C18H29BrN4O2/c1-14(2)13-25-12-4-9-22-18(20-3)23-11-10-21-17(24)15-5-7-16(19)8-6-15/h5-8,14H,4,9-13H2,1-3H3,(H,21,24)(H2,20,22,23). The number of carbonyl (C=O) groups is 1. The second kappa shape index (κ2) is 12.7. The summed E-state index contributed by atoms with van der Waals surface area (Å²) in [6.07, 6.45) is 0.924. The Balaban J connectivity index is 2.12. The zero-order valence-corrected chi connectivity index (χ0v) is 16.9. The van der Waals surface area contributed by atoms with Crippen LogP contribution in [-0.2, 0) is 4.74 Å². The Kier molecular flexibility index (Phi) is 10.9. The highest BCUT2D eigenvalue weighted by atomic mass is 79.9. The van der Waals surface area contributed by atoms with Crippen LogP contribution in [0.4, 0.5) is 0 Å². The monoisotopic (exact) mass is 412 g/mol. The third kappa shape index (κ3) is 10.1. The van der Waals surface area contributed by atoms with Crippen molar-refractivity contribution in [3.63, 3.8) is 0 Å². The molecular weight excluding hydrogens is 384 g/mol. The fourth-order valence-electron chi connectivity index (χ4n) is 1.98. The number of hydrogen-bond donors (Lipinski definition) is 3. The fourth-order valence-corrected chi connectivity index (χ4v) is 2.25. The van der Waals surface area contributed by atoms with E-state index in [-0.39, 0.29) is 5.91 Å². The molecule has 140 valence electrons. The van der Waals surface area contributed by atoms with E-state index in [2.05, 4.69) is 50.7 Å². The van der Waals surface area contributed by atoms with Crippen LogP contribution in [0.3, 0.4) is 0 Å². The summed E-state index contributed by atoms with van der Waals surface area (Å²) in [5, 5.41) is 9.27. The van der Waals surface area contributed by atoms with Crippen molar-refractivity contribution in [3.8, 4) is 0 Å². The molecule has 0 aliphatic carbocycles. The van der Waals surface area contributed by atoms with Gasteiger partial charge in [0.25, 0.3) is 5.91 Å². The molecule has 0 atom stereocenters. The Morgan fingerprint density at radius 1 is 1.12 bits per heavy atom. The zero-order chi connectivity index (χ0) is 18.5. The van der Waals surface area contributed by atoms with Crippen molar-refractivity contribution in [1.82, 2.24) is 16.0 Å². The number of amides is 1. The van der Waals surface area contributed by atoms with E-state index in [9.17, 15) is 4.79 Å². The van der Waals surface area contributed by atoms with Gasteiger partial charge in [0.05, 0.1) is 0 Å². The van der Waals surface area contributed by atoms with Crippen LogP contribution in [0.25, 0.3) is 0 Å². The molecule has 7 heteroatoms. The molecule has 1 aromatic carbocycles. The molecule has 0 aromatic heterocycles. The molecule has 25 heavy (non-hydrogen) atoms. The summed E-state index contributed by atoms with van der Waals surface area (Å²) in [5.74, 6) is 1.20. The number of nitrogens with zero attached hydrogens (tertiary/aromatic N) is 1. The third-order valence-electron chi connectivity index (χ3n) is 3.24. The number of guanidine groups is 1. The summed E-state index contributed by atoms with van der Waals surface area (Å²) in [6, 6.07) is 7.27. The number of rotatable bonds is 10. The van der Waals surface area contributed by atoms with Crippen LogP contribution >= 0.6 is 15.9 Å². The van der Waals surface area contributed by atoms with Crippen molar-refractivity contribution in [2.75, 3.05) is 39.9 Å². The Labute approximate surface area is 158 Å². The minimum atomic E-state index is -0.0838. The molecule has 0 saturated heterocycles. The number of halogens is 1. The molecule has 1 rings (SSSR count). The molecule has 0 heterocycles. The molecule has 0 bridgehead atoms. The quantitative estimate of drug-likeness (QED) is 0.313. The van der Waals surface area contributed by atoms with Crippen LogP contribution in [0.5, 0.6) is 0 Å². The number of nitrogens with one attached hydrogen (secondary N) is 3. The van der Waals surface area contributed by atoms with E-state index in [0.29, 0.717) is 24.6 Å². The third-order valence-corrected chi connectivity index (χ3v) is 3.77. The summed E-state index contributed by atoms with van der Waals surface area (Å²) in [5.41, 5.74) is 0.645. The maximum absolute atomic E-state index is 12.0. The maximum Gasteiger partial charge on any atom is 0.251 e. The van der Waals surface area contributed by atoms with Gasteiger partial charge in [0.2, 0.25) is 0 Å². The molecule has 0 unspecified atom stereocenters. The van der Waals surface area contributed by atoms with E-state index in [0.717, 1.165) is 36.6 Å². The lowest BCUT2D eigenvalue weighted by atomic mass is 10.2. The Morgan fingerprint density at radius 3 is 2.40 bits per heavy atom. The first-order valence-corrected chi connectivity index (χ1v) is 9.38. The van der Waals surface area contributed by atoms with Gasteiger partial charge in [-0.05, 0) is 36.6 Å². The van der Waals surface area contributed by atoms with Crippen LogP contribution in [0.15, 0.2) is 33.7 Å². The van der Waals surface area contributed by atoms with Crippen LogP contribution in [0, 0.1) is 5.92 Å². The van der Waals surface area contributed by atoms with Crippen molar-refractivity contribution in [1.29, 1.82) is 0 Å². The minimum absolute atomic E-state index is 0.0838. The lowest BCUT2D eigenvalue weighted by Crippen LogP contribution is -2.42. The van der Waals surface area contributed by atoms with Gasteiger partial charge in [0.1, 0.15) is 0 Å². The minimum Gasteiger partial charge on any atom is -0.381 e. The normalized spacial score (nSPS) is 11.5. The molecule has 0 radical (unpaired) electrons. The van der Waals surface area contributed by atoms with Crippen molar-refractivity contribution < 1.29 is 9.53 Å². The van der Waals surface area contributed by atoms with E-state index >= 15 is 0 Å². The number of hydrogen-bond acceptors (Lipinski definition) is 3. The molecule has 6 nitrogen and oxygen atoms in total. The lowest BCUT2D eigenvalue weighted by Gasteiger charge is -2.13. The smallest absolute Gasteiger partial charge is 0.251 e. The average molecular weight is 413 g/mol. The summed E-state index contributed by atoms with van der Waals surface area (Å²) in [6.45, 7) is 7.73. The second-order valence-corrected chi connectivity index (χ2v) is 6.93. The number of benzene rings is 1. The zero-order valence-electron chi connectivity index (χ0n) is 15.3. The van der Waals surface area contributed by atoms with Gasteiger partial charge in [-0.2, -0.15) is 0 Å². The average Bonchev–Trinajstić information content (AvgIpc) is 2.59. The molecule has 1 amide bonds. The Bertz CT molecular complexity index is 532. The summed E-state index contributed by atoms with van der Waals surface area (Å²) in [4.78, 5) is 16.1. The lowest BCUT2D eigenvalue weighted by molar-refractivity contribution is 0.0954. The van der Waals surface area contributed by atoms with E-state index in [4.69, 9.17) is 4.74 Å². The van der Waals surface area contributed by atoms with Crippen LogP contribution in [-0.4, -0.2) is 51.8 Å². The molecule has 3 N–H and O–H groups in total. The SMILES string of the molecule is CN=C(NCCCOCC(C)C)NCCNC(=O)c1ccc(Br)cc1. The van der Waals surface area contributed by atoms with E-state index in [1.165, 1.54) is 0 Å². The number of ether oxygens (including phenoxy) is 1.